The van der Waals surface area contributed by atoms with Crippen LogP contribution in [-0.2, 0) is 4.79 Å². The van der Waals surface area contributed by atoms with Crippen LogP contribution in [0.3, 0.4) is 0 Å². The van der Waals surface area contributed by atoms with Gasteiger partial charge in [0.1, 0.15) is 0 Å². The van der Waals surface area contributed by atoms with E-state index < -0.39 is 0 Å². The molecule has 1 saturated heterocycles. The fourth-order valence-corrected chi connectivity index (χ4v) is 1.89. The molecule has 0 saturated carbocycles. The van der Waals surface area contributed by atoms with Gasteiger partial charge in [0.2, 0.25) is 5.91 Å². The zero-order valence-corrected chi connectivity index (χ0v) is 11.3. The van der Waals surface area contributed by atoms with Gasteiger partial charge in [0.05, 0.1) is 12.3 Å². The summed E-state index contributed by atoms with van der Waals surface area (Å²) >= 11 is 0. The Morgan fingerprint density at radius 1 is 1.37 bits per heavy atom. The van der Waals surface area contributed by atoms with Gasteiger partial charge in [-0.2, -0.15) is 0 Å². The van der Waals surface area contributed by atoms with E-state index in [4.69, 9.17) is 4.42 Å². The molecule has 0 bridgehead atoms. The fraction of sp³-hybridized carbons (Fsp3) is 0.500. The van der Waals surface area contributed by atoms with E-state index in [9.17, 15) is 9.59 Å². The zero-order valence-electron chi connectivity index (χ0n) is 10.5. The van der Waals surface area contributed by atoms with Crippen molar-refractivity contribution in [3.63, 3.8) is 0 Å². The van der Waals surface area contributed by atoms with Crippen molar-refractivity contribution in [2.75, 3.05) is 19.6 Å². The van der Waals surface area contributed by atoms with Crippen molar-refractivity contribution in [3.05, 3.63) is 24.2 Å². The topological polar surface area (TPSA) is 83.4 Å². The molecule has 1 atom stereocenters. The second-order valence-electron chi connectivity index (χ2n) is 4.17. The van der Waals surface area contributed by atoms with E-state index in [-0.39, 0.29) is 36.0 Å². The summed E-state index contributed by atoms with van der Waals surface area (Å²) in [5.74, 6) is 0.00627. The quantitative estimate of drug-likeness (QED) is 0.680. The van der Waals surface area contributed by atoms with Gasteiger partial charge < -0.3 is 20.4 Å². The van der Waals surface area contributed by atoms with E-state index in [1.807, 2.05) is 0 Å². The number of carbonyl (C=O) groups is 2. The molecule has 19 heavy (non-hydrogen) atoms. The molecule has 1 aliphatic heterocycles. The van der Waals surface area contributed by atoms with Crippen LogP contribution in [0.2, 0.25) is 0 Å². The van der Waals surface area contributed by atoms with E-state index in [2.05, 4.69) is 16.0 Å². The molecular formula is C12H18ClN3O3. The summed E-state index contributed by atoms with van der Waals surface area (Å²) in [6.45, 7) is 1.70. The number of halogens is 1. The first-order valence-electron chi connectivity index (χ1n) is 6.10. The third-order valence-corrected chi connectivity index (χ3v) is 2.83. The van der Waals surface area contributed by atoms with Crippen LogP contribution in [0.4, 0.5) is 0 Å². The zero-order chi connectivity index (χ0) is 12.8. The van der Waals surface area contributed by atoms with Crippen molar-refractivity contribution in [1.29, 1.82) is 0 Å². The minimum atomic E-state index is -0.270. The standard InChI is InChI=1S/C12H17N3O3.ClH/c16-11(9-3-1-5-13-9)14-6-7-15-12(17)10-4-2-8-18-10;/h2,4,8-9,13H,1,3,5-7H2,(H,14,16)(H,15,17);1H. The average molecular weight is 288 g/mol. The van der Waals surface area contributed by atoms with E-state index in [1.54, 1.807) is 12.1 Å². The maximum atomic E-state index is 11.6. The van der Waals surface area contributed by atoms with Gasteiger partial charge in [-0.15, -0.1) is 12.4 Å². The minimum absolute atomic E-state index is 0. The predicted molar refractivity (Wildman–Crippen MR) is 72.3 cm³/mol. The summed E-state index contributed by atoms with van der Waals surface area (Å²) in [5.41, 5.74) is 0. The molecule has 2 rings (SSSR count). The number of nitrogens with one attached hydrogen (secondary N) is 3. The summed E-state index contributed by atoms with van der Waals surface area (Å²) in [6, 6.07) is 3.17. The Bertz CT molecular complexity index is 402. The molecule has 2 heterocycles. The molecule has 2 amide bonds. The predicted octanol–water partition coefficient (Wildman–Crippen LogP) is 0.299. The van der Waals surface area contributed by atoms with Crippen molar-refractivity contribution in [2.24, 2.45) is 0 Å². The molecule has 6 nitrogen and oxygen atoms in total. The molecule has 1 aliphatic rings. The highest BCUT2D eigenvalue weighted by Gasteiger charge is 2.21. The molecule has 0 aliphatic carbocycles. The van der Waals surface area contributed by atoms with E-state index in [0.29, 0.717) is 13.1 Å². The molecule has 1 fully saturated rings. The van der Waals surface area contributed by atoms with Crippen LogP contribution in [0.15, 0.2) is 22.8 Å². The summed E-state index contributed by atoms with van der Waals surface area (Å²) in [4.78, 5) is 23.1. The van der Waals surface area contributed by atoms with Gasteiger partial charge in [0.15, 0.2) is 5.76 Å². The van der Waals surface area contributed by atoms with Gasteiger partial charge in [0.25, 0.3) is 5.91 Å². The van der Waals surface area contributed by atoms with Crippen molar-refractivity contribution < 1.29 is 14.0 Å². The van der Waals surface area contributed by atoms with Gasteiger partial charge in [-0.25, -0.2) is 0 Å². The van der Waals surface area contributed by atoms with E-state index in [1.165, 1.54) is 6.26 Å². The largest absolute Gasteiger partial charge is 0.459 e. The number of carbonyl (C=O) groups excluding carboxylic acids is 2. The second-order valence-corrected chi connectivity index (χ2v) is 4.17. The van der Waals surface area contributed by atoms with Gasteiger partial charge in [-0.05, 0) is 31.5 Å². The average Bonchev–Trinajstić information content (AvgIpc) is 3.05. The summed E-state index contributed by atoms with van der Waals surface area (Å²) in [5, 5.41) is 8.56. The Labute approximate surface area is 117 Å². The first-order valence-corrected chi connectivity index (χ1v) is 6.10. The maximum absolute atomic E-state index is 11.6. The lowest BCUT2D eigenvalue weighted by Crippen LogP contribution is -2.43. The molecule has 0 radical (unpaired) electrons. The fourth-order valence-electron chi connectivity index (χ4n) is 1.89. The summed E-state index contributed by atoms with van der Waals surface area (Å²) < 4.78 is 4.95. The normalized spacial score (nSPS) is 17.6. The smallest absolute Gasteiger partial charge is 0.287 e. The molecule has 1 unspecified atom stereocenters. The Kier molecular flexibility index (Phi) is 6.38. The Morgan fingerprint density at radius 3 is 2.79 bits per heavy atom. The van der Waals surface area contributed by atoms with Gasteiger partial charge in [-0.3, -0.25) is 9.59 Å². The third-order valence-electron chi connectivity index (χ3n) is 2.83. The maximum Gasteiger partial charge on any atom is 0.287 e. The lowest BCUT2D eigenvalue weighted by Gasteiger charge is -2.11. The Hall–Kier alpha value is -1.53. The number of furan rings is 1. The molecule has 7 heteroatoms. The Balaban J connectivity index is 0.00000180. The van der Waals surface area contributed by atoms with Gasteiger partial charge >= 0.3 is 0 Å². The molecule has 0 aromatic carbocycles. The first kappa shape index (κ1) is 15.5. The highest BCUT2D eigenvalue weighted by atomic mass is 35.5. The van der Waals surface area contributed by atoms with Crippen molar-refractivity contribution >= 4 is 24.2 Å². The Morgan fingerprint density at radius 2 is 2.16 bits per heavy atom. The lowest BCUT2D eigenvalue weighted by molar-refractivity contribution is -0.122. The molecular weight excluding hydrogens is 270 g/mol. The molecule has 1 aromatic heterocycles. The molecule has 3 N–H and O–H groups in total. The number of hydrogen-bond acceptors (Lipinski definition) is 4. The third kappa shape index (κ3) is 4.57. The highest BCUT2D eigenvalue weighted by molar-refractivity contribution is 5.91. The number of rotatable bonds is 5. The van der Waals surface area contributed by atoms with Gasteiger partial charge in [0, 0.05) is 13.1 Å². The molecule has 1 aromatic rings. The van der Waals surface area contributed by atoms with Crippen LogP contribution in [0.5, 0.6) is 0 Å². The van der Waals surface area contributed by atoms with Crippen LogP contribution in [-0.4, -0.2) is 37.5 Å². The molecule has 106 valence electrons. The van der Waals surface area contributed by atoms with Crippen LogP contribution >= 0.6 is 12.4 Å². The van der Waals surface area contributed by atoms with E-state index >= 15 is 0 Å². The SMILES string of the molecule is Cl.O=C(NCCNC(=O)C1CCCN1)c1ccco1. The van der Waals surface area contributed by atoms with Crippen molar-refractivity contribution in [1.82, 2.24) is 16.0 Å². The van der Waals surface area contributed by atoms with Crippen LogP contribution in [0.1, 0.15) is 23.4 Å². The van der Waals surface area contributed by atoms with Crippen molar-refractivity contribution in [2.45, 2.75) is 18.9 Å². The number of hydrogen-bond donors (Lipinski definition) is 3. The summed E-state index contributed by atoms with van der Waals surface area (Å²) in [6.07, 6.45) is 3.36. The van der Waals surface area contributed by atoms with Crippen LogP contribution < -0.4 is 16.0 Å². The van der Waals surface area contributed by atoms with Crippen LogP contribution in [0, 0.1) is 0 Å². The lowest BCUT2D eigenvalue weighted by atomic mass is 10.2. The second kappa shape index (κ2) is 7.81. The van der Waals surface area contributed by atoms with Crippen molar-refractivity contribution in [3.8, 4) is 0 Å². The number of amides is 2. The molecule has 0 spiro atoms. The first-order chi connectivity index (χ1) is 8.77. The summed E-state index contributed by atoms with van der Waals surface area (Å²) in [7, 11) is 0. The highest BCUT2D eigenvalue weighted by Crippen LogP contribution is 2.04. The van der Waals surface area contributed by atoms with Gasteiger partial charge in [-0.1, -0.05) is 0 Å². The monoisotopic (exact) mass is 287 g/mol. The van der Waals surface area contributed by atoms with E-state index in [0.717, 1.165) is 19.4 Å². The minimum Gasteiger partial charge on any atom is -0.459 e. The van der Waals surface area contributed by atoms with Crippen LogP contribution in [0.25, 0.3) is 0 Å².